The van der Waals surface area contributed by atoms with Gasteiger partial charge in [0.15, 0.2) is 6.10 Å². The third-order valence-corrected chi connectivity index (χ3v) is 12.4. The lowest BCUT2D eigenvalue weighted by atomic mass is 10.0. The molecule has 0 aromatic heterocycles. The van der Waals surface area contributed by atoms with E-state index in [-0.39, 0.29) is 31.1 Å². The van der Waals surface area contributed by atoms with Crippen LogP contribution in [0.15, 0.2) is 0 Å². The van der Waals surface area contributed by atoms with Crippen LogP contribution in [0.3, 0.4) is 0 Å². The normalized spacial score (nSPS) is 11.8. The van der Waals surface area contributed by atoms with Crippen molar-refractivity contribution in [3.05, 3.63) is 0 Å². The zero-order chi connectivity index (χ0) is 43.7. The summed E-state index contributed by atoms with van der Waals surface area (Å²) in [5.41, 5.74) is 0. The standard InChI is InChI=1S/C54H104O6/c1-4-7-10-13-16-19-21-23-25-26-27-29-31-33-36-39-42-45-48-54(57)60-51(49-58-52(55)46-43-40-37-34-18-15-12-9-6-3)50-59-53(56)47-44-41-38-35-32-30-28-24-22-20-17-14-11-8-5-2/h51H,4-50H2,1-3H3/t51-/m1/s1. The Balaban J connectivity index is 4.23. The molecule has 0 rings (SSSR count). The summed E-state index contributed by atoms with van der Waals surface area (Å²) in [6, 6.07) is 0. The van der Waals surface area contributed by atoms with Crippen molar-refractivity contribution in [3.8, 4) is 0 Å². The first-order valence-corrected chi connectivity index (χ1v) is 27.0. The van der Waals surface area contributed by atoms with E-state index < -0.39 is 6.10 Å². The van der Waals surface area contributed by atoms with Gasteiger partial charge in [0.25, 0.3) is 0 Å². The lowest BCUT2D eigenvalue weighted by molar-refractivity contribution is -0.167. The average Bonchev–Trinajstić information content (AvgIpc) is 3.24. The summed E-state index contributed by atoms with van der Waals surface area (Å²) in [7, 11) is 0. The molecule has 0 bridgehead atoms. The highest BCUT2D eigenvalue weighted by molar-refractivity contribution is 5.71. The van der Waals surface area contributed by atoms with Crippen molar-refractivity contribution in [1.82, 2.24) is 0 Å². The van der Waals surface area contributed by atoms with E-state index in [2.05, 4.69) is 20.8 Å². The number of hydrogen-bond acceptors (Lipinski definition) is 6. The largest absolute Gasteiger partial charge is 0.462 e. The van der Waals surface area contributed by atoms with Gasteiger partial charge in [-0.2, -0.15) is 0 Å². The zero-order valence-corrected chi connectivity index (χ0v) is 40.8. The molecule has 0 spiro atoms. The molecule has 0 radical (unpaired) electrons. The minimum atomic E-state index is -0.759. The Morgan fingerprint density at radius 3 is 0.667 bits per heavy atom. The molecule has 0 aliphatic carbocycles. The summed E-state index contributed by atoms with van der Waals surface area (Å²) < 4.78 is 16.8. The van der Waals surface area contributed by atoms with Crippen molar-refractivity contribution in [2.24, 2.45) is 0 Å². The van der Waals surface area contributed by atoms with E-state index in [1.54, 1.807) is 0 Å². The van der Waals surface area contributed by atoms with E-state index in [9.17, 15) is 14.4 Å². The number of carbonyl (C=O) groups excluding carboxylic acids is 3. The molecule has 0 aliphatic rings. The Morgan fingerprint density at radius 2 is 0.450 bits per heavy atom. The van der Waals surface area contributed by atoms with Crippen molar-refractivity contribution in [2.75, 3.05) is 13.2 Å². The summed E-state index contributed by atoms with van der Waals surface area (Å²) in [6.45, 7) is 6.67. The number of esters is 3. The van der Waals surface area contributed by atoms with Crippen LogP contribution in [0.5, 0.6) is 0 Å². The third kappa shape index (κ3) is 47.5. The maximum absolute atomic E-state index is 12.8. The van der Waals surface area contributed by atoms with Crippen molar-refractivity contribution in [2.45, 2.75) is 316 Å². The summed E-state index contributed by atoms with van der Waals surface area (Å²) in [6.07, 6.45) is 53.8. The maximum Gasteiger partial charge on any atom is 0.306 e. The highest BCUT2D eigenvalue weighted by atomic mass is 16.6. The molecule has 1 atom stereocenters. The van der Waals surface area contributed by atoms with Crippen LogP contribution in [0.4, 0.5) is 0 Å². The highest BCUT2D eigenvalue weighted by Crippen LogP contribution is 2.17. The molecular weight excluding hydrogens is 745 g/mol. The average molecular weight is 849 g/mol. The molecule has 0 unspecified atom stereocenters. The van der Waals surface area contributed by atoms with E-state index >= 15 is 0 Å². The van der Waals surface area contributed by atoms with Crippen molar-refractivity contribution in [1.29, 1.82) is 0 Å². The minimum absolute atomic E-state index is 0.0618. The quantitative estimate of drug-likeness (QED) is 0.0345. The Labute approximate surface area is 374 Å². The van der Waals surface area contributed by atoms with Crippen LogP contribution in [0.2, 0.25) is 0 Å². The van der Waals surface area contributed by atoms with Crippen LogP contribution < -0.4 is 0 Å². The molecule has 6 heteroatoms. The van der Waals surface area contributed by atoms with E-state index in [1.807, 2.05) is 0 Å². The molecule has 356 valence electrons. The molecule has 0 amide bonds. The molecule has 0 fully saturated rings. The molecule has 0 aromatic carbocycles. The fourth-order valence-corrected chi connectivity index (χ4v) is 8.27. The van der Waals surface area contributed by atoms with E-state index in [0.717, 1.165) is 57.8 Å². The molecular formula is C54H104O6. The molecule has 60 heavy (non-hydrogen) atoms. The first kappa shape index (κ1) is 58.4. The Bertz CT molecular complexity index is 889. The smallest absolute Gasteiger partial charge is 0.306 e. The molecule has 0 heterocycles. The summed E-state index contributed by atoms with van der Waals surface area (Å²) >= 11 is 0. The van der Waals surface area contributed by atoms with E-state index in [4.69, 9.17) is 14.2 Å². The lowest BCUT2D eigenvalue weighted by Gasteiger charge is -2.18. The van der Waals surface area contributed by atoms with Gasteiger partial charge in [0.05, 0.1) is 0 Å². The van der Waals surface area contributed by atoms with Gasteiger partial charge in [-0.15, -0.1) is 0 Å². The maximum atomic E-state index is 12.8. The minimum Gasteiger partial charge on any atom is -0.462 e. The SMILES string of the molecule is CCCCCCCCCCCCCCCCCCCCC(=O)O[C@H](COC(=O)CCCCCCCCCCC)COC(=O)CCCCCCCCCCCCCCCCC. The second kappa shape index (κ2) is 50.1. The van der Waals surface area contributed by atoms with Crippen molar-refractivity contribution in [3.63, 3.8) is 0 Å². The number of ether oxygens (including phenoxy) is 3. The Morgan fingerprint density at radius 1 is 0.267 bits per heavy atom. The predicted octanol–water partition coefficient (Wildman–Crippen LogP) is 17.6. The summed E-state index contributed by atoms with van der Waals surface area (Å²) in [5.74, 6) is -0.841. The third-order valence-electron chi connectivity index (χ3n) is 12.4. The molecule has 0 aliphatic heterocycles. The first-order valence-electron chi connectivity index (χ1n) is 27.0. The van der Waals surface area contributed by atoms with E-state index in [0.29, 0.717) is 19.3 Å². The number of hydrogen-bond donors (Lipinski definition) is 0. The van der Waals surface area contributed by atoms with Gasteiger partial charge in [-0.25, -0.2) is 0 Å². The van der Waals surface area contributed by atoms with Gasteiger partial charge in [-0.3, -0.25) is 14.4 Å². The molecule has 6 nitrogen and oxygen atoms in total. The van der Waals surface area contributed by atoms with Gasteiger partial charge in [0, 0.05) is 19.3 Å². The van der Waals surface area contributed by atoms with Gasteiger partial charge in [0.1, 0.15) is 13.2 Å². The summed E-state index contributed by atoms with van der Waals surface area (Å²) in [5, 5.41) is 0. The van der Waals surface area contributed by atoms with Crippen LogP contribution in [0.1, 0.15) is 310 Å². The van der Waals surface area contributed by atoms with Crippen LogP contribution in [0.25, 0.3) is 0 Å². The molecule has 0 N–H and O–H groups in total. The first-order chi connectivity index (χ1) is 29.5. The van der Waals surface area contributed by atoms with Crippen molar-refractivity contribution < 1.29 is 28.6 Å². The van der Waals surface area contributed by atoms with Crippen LogP contribution in [-0.4, -0.2) is 37.2 Å². The molecule has 0 aromatic rings. The van der Waals surface area contributed by atoms with Crippen LogP contribution in [0, 0.1) is 0 Å². The topological polar surface area (TPSA) is 78.9 Å². The van der Waals surface area contributed by atoms with Gasteiger partial charge >= 0.3 is 17.9 Å². The number of carbonyl (C=O) groups is 3. The van der Waals surface area contributed by atoms with Gasteiger partial charge in [-0.1, -0.05) is 271 Å². The Hall–Kier alpha value is -1.59. The zero-order valence-electron chi connectivity index (χ0n) is 40.8. The van der Waals surface area contributed by atoms with Crippen LogP contribution in [-0.2, 0) is 28.6 Å². The Kier molecular flexibility index (Phi) is 48.7. The van der Waals surface area contributed by atoms with Gasteiger partial charge in [0.2, 0.25) is 0 Å². The monoisotopic (exact) mass is 849 g/mol. The summed E-state index contributed by atoms with van der Waals surface area (Å²) in [4.78, 5) is 37.9. The molecule has 0 saturated heterocycles. The predicted molar refractivity (Wildman–Crippen MR) is 257 cm³/mol. The van der Waals surface area contributed by atoms with Crippen molar-refractivity contribution >= 4 is 17.9 Å². The number of rotatable bonds is 50. The van der Waals surface area contributed by atoms with Gasteiger partial charge in [-0.05, 0) is 19.3 Å². The number of unbranched alkanes of at least 4 members (excludes halogenated alkanes) is 39. The second-order valence-corrected chi connectivity index (χ2v) is 18.5. The fourth-order valence-electron chi connectivity index (χ4n) is 8.27. The highest BCUT2D eigenvalue weighted by Gasteiger charge is 2.19. The van der Waals surface area contributed by atoms with Gasteiger partial charge < -0.3 is 14.2 Å². The fraction of sp³-hybridized carbons (Fsp3) is 0.944. The second-order valence-electron chi connectivity index (χ2n) is 18.5. The molecule has 0 saturated carbocycles. The van der Waals surface area contributed by atoms with E-state index in [1.165, 1.54) is 212 Å². The van der Waals surface area contributed by atoms with Crippen LogP contribution >= 0.6 is 0 Å². The lowest BCUT2D eigenvalue weighted by Crippen LogP contribution is -2.30.